The molecular weight excluding hydrogens is 368 g/mol. The van der Waals surface area contributed by atoms with Crippen molar-refractivity contribution in [1.29, 1.82) is 0 Å². The first-order valence-corrected chi connectivity index (χ1v) is 10.1. The molecule has 0 saturated heterocycles. The summed E-state index contributed by atoms with van der Waals surface area (Å²) in [7, 11) is 0. The number of amides is 1. The van der Waals surface area contributed by atoms with Crippen LogP contribution in [-0.2, 0) is 4.79 Å². The number of nitrogens with one attached hydrogen (secondary N) is 1. The third-order valence-corrected chi connectivity index (χ3v) is 5.92. The third kappa shape index (κ3) is 3.36. The smallest absolute Gasteiger partial charge is 0.237 e. The number of fused-ring (bicyclic) bond motifs is 3. The molecule has 0 aliphatic rings. The number of hydrogen-bond acceptors (Lipinski definition) is 4. The van der Waals surface area contributed by atoms with Gasteiger partial charge in [0.05, 0.1) is 10.8 Å². The predicted octanol–water partition coefficient (Wildman–Crippen LogP) is 4.93. The number of anilines is 1. The van der Waals surface area contributed by atoms with Crippen molar-refractivity contribution in [2.24, 2.45) is 0 Å². The number of para-hydroxylation sites is 1. The number of aromatic nitrogens is 3. The molecule has 1 N–H and O–H groups in total. The number of hydrogen-bond donors (Lipinski definition) is 1. The van der Waals surface area contributed by atoms with E-state index in [9.17, 15) is 4.79 Å². The second-order valence-electron chi connectivity index (χ2n) is 7.09. The van der Waals surface area contributed by atoms with E-state index in [1.165, 1.54) is 11.8 Å². The number of thioether (sulfide) groups is 1. The lowest BCUT2D eigenvalue weighted by Gasteiger charge is -2.14. The Morgan fingerprint density at radius 1 is 1.04 bits per heavy atom. The van der Waals surface area contributed by atoms with Crippen LogP contribution in [0.15, 0.2) is 53.7 Å². The van der Waals surface area contributed by atoms with E-state index in [1.54, 1.807) is 0 Å². The van der Waals surface area contributed by atoms with Crippen LogP contribution in [0.3, 0.4) is 0 Å². The SMILES string of the molecule is Cc1ccc(C)c(NC(=O)[C@H](C)Sc2nnc3cc(C)c4ccccc4n23)c1. The minimum absolute atomic E-state index is 0.0492. The zero-order valence-corrected chi connectivity index (χ0v) is 17.2. The largest absolute Gasteiger partial charge is 0.325 e. The maximum absolute atomic E-state index is 12.8. The molecule has 0 unspecified atom stereocenters. The van der Waals surface area contributed by atoms with Gasteiger partial charge in [-0.25, -0.2) is 0 Å². The van der Waals surface area contributed by atoms with Crippen LogP contribution in [0.1, 0.15) is 23.6 Å². The van der Waals surface area contributed by atoms with Gasteiger partial charge < -0.3 is 5.32 Å². The number of carbonyl (C=O) groups excluding carboxylic acids is 1. The molecule has 0 spiro atoms. The molecule has 2 aromatic carbocycles. The van der Waals surface area contributed by atoms with Gasteiger partial charge in [0, 0.05) is 11.1 Å². The Hall–Kier alpha value is -2.86. The molecule has 2 heterocycles. The van der Waals surface area contributed by atoms with Crippen molar-refractivity contribution >= 4 is 39.9 Å². The van der Waals surface area contributed by atoms with Crippen molar-refractivity contribution in [1.82, 2.24) is 14.6 Å². The second-order valence-corrected chi connectivity index (χ2v) is 8.40. The number of carbonyl (C=O) groups is 1. The molecule has 28 heavy (non-hydrogen) atoms. The molecule has 4 rings (SSSR count). The Bertz CT molecular complexity index is 1200. The highest BCUT2D eigenvalue weighted by Crippen LogP contribution is 2.28. The molecule has 0 aliphatic heterocycles. The fourth-order valence-electron chi connectivity index (χ4n) is 3.27. The van der Waals surface area contributed by atoms with Gasteiger partial charge in [-0.2, -0.15) is 0 Å². The average molecular weight is 391 g/mol. The molecule has 0 aliphatic carbocycles. The van der Waals surface area contributed by atoms with Gasteiger partial charge >= 0.3 is 0 Å². The van der Waals surface area contributed by atoms with Crippen LogP contribution in [0.25, 0.3) is 16.6 Å². The molecule has 1 atom stereocenters. The molecule has 6 heteroatoms. The summed E-state index contributed by atoms with van der Waals surface area (Å²) >= 11 is 1.42. The molecule has 0 fully saturated rings. The Labute approximate surface area is 168 Å². The fraction of sp³-hybridized carbons (Fsp3) is 0.227. The summed E-state index contributed by atoms with van der Waals surface area (Å²) < 4.78 is 2.02. The highest BCUT2D eigenvalue weighted by molar-refractivity contribution is 8.00. The van der Waals surface area contributed by atoms with Crippen molar-refractivity contribution in [2.45, 2.75) is 38.1 Å². The second kappa shape index (κ2) is 7.28. The van der Waals surface area contributed by atoms with Crippen LogP contribution < -0.4 is 5.32 Å². The average Bonchev–Trinajstić information content (AvgIpc) is 3.07. The molecule has 0 saturated carbocycles. The van der Waals surface area contributed by atoms with Gasteiger partial charge in [0.15, 0.2) is 10.8 Å². The van der Waals surface area contributed by atoms with Gasteiger partial charge in [0.25, 0.3) is 0 Å². The molecule has 2 aromatic heterocycles. The molecule has 1 amide bonds. The van der Waals surface area contributed by atoms with Crippen LogP contribution in [0.5, 0.6) is 0 Å². The summed E-state index contributed by atoms with van der Waals surface area (Å²) in [5.74, 6) is -0.0492. The lowest BCUT2D eigenvalue weighted by atomic mass is 10.1. The van der Waals surface area contributed by atoms with Crippen molar-refractivity contribution in [3.8, 4) is 0 Å². The van der Waals surface area contributed by atoms with E-state index in [2.05, 4.69) is 34.6 Å². The van der Waals surface area contributed by atoms with Crippen molar-refractivity contribution in [3.05, 3.63) is 65.2 Å². The highest BCUT2D eigenvalue weighted by atomic mass is 32.2. The van der Waals surface area contributed by atoms with Gasteiger partial charge in [-0.15, -0.1) is 10.2 Å². The number of nitrogens with zero attached hydrogens (tertiary/aromatic N) is 3. The molecule has 4 aromatic rings. The first-order valence-electron chi connectivity index (χ1n) is 9.22. The van der Waals surface area contributed by atoms with Crippen LogP contribution in [0.2, 0.25) is 0 Å². The van der Waals surface area contributed by atoms with Gasteiger partial charge in [-0.3, -0.25) is 9.20 Å². The van der Waals surface area contributed by atoms with Crippen LogP contribution in [-0.4, -0.2) is 25.8 Å². The Balaban J connectivity index is 1.63. The number of aryl methyl sites for hydroxylation is 3. The van der Waals surface area contributed by atoms with E-state index in [4.69, 9.17) is 0 Å². The van der Waals surface area contributed by atoms with Crippen LogP contribution >= 0.6 is 11.8 Å². The van der Waals surface area contributed by atoms with Gasteiger partial charge in [-0.05, 0) is 62.6 Å². The monoisotopic (exact) mass is 390 g/mol. The van der Waals surface area contributed by atoms with Crippen molar-refractivity contribution in [2.75, 3.05) is 5.32 Å². The first kappa shape index (κ1) is 18.5. The van der Waals surface area contributed by atoms with Crippen molar-refractivity contribution < 1.29 is 4.79 Å². The van der Waals surface area contributed by atoms with Crippen LogP contribution in [0, 0.1) is 20.8 Å². The summed E-state index contributed by atoms with van der Waals surface area (Å²) in [6, 6.07) is 16.3. The molecule has 142 valence electrons. The summed E-state index contributed by atoms with van der Waals surface area (Å²) in [5.41, 5.74) is 6.02. The fourth-order valence-corrected chi connectivity index (χ4v) is 4.14. The van der Waals surface area contributed by atoms with Gasteiger partial charge in [-0.1, -0.05) is 42.1 Å². The van der Waals surface area contributed by atoms with Crippen LogP contribution in [0.4, 0.5) is 5.69 Å². The van der Waals surface area contributed by atoms with E-state index >= 15 is 0 Å². The normalized spacial score (nSPS) is 12.4. The molecule has 0 bridgehead atoms. The van der Waals surface area contributed by atoms with E-state index in [1.807, 2.05) is 61.6 Å². The summed E-state index contributed by atoms with van der Waals surface area (Å²) in [6.45, 7) is 7.97. The van der Waals surface area contributed by atoms with Gasteiger partial charge in [0.1, 0.15) is 0 Å². The number of rotatable bonds is 4. The summed E-state index contributed by atoms with van der Waals surface area (Å²) in [4.78, 5) is 12.8. The van der Waals surface area contributed by atoms with E-state index in [-0.39, 0.29) is 11.2 Å². The maximum Gasteiger partial charge on any atom is 0.237 e. The predicted molar refractivity (Wildman–Crippen MR) is 115 cm³/mol. The third-order valence-electron chi connectivity index (χ3n) is 4.88. The highest BCUT2D eigenvalue weighted by Gasteiger charge is 2.20. The van der Waals surface area contributed by atoms with E-state index in [0.29, 0.717) is 0 Å². The Morgan fingerprint density at radius 2 is 1.82 bits per heavy atom. The molecular formula is C22H22N4OS. The van der Waals surface area contributed by atoms with E-state index in [0.717, 1.165) is 44.1 Å². The lowest BCUT2D eigenvalue weighted by molar-refractivity contribution is -0.115. The summed E-state index contributed by atoms with van der Waals surface area (Å²) in [6.07, 6.45) is 0. The Kier molecular flexibility index (Phi) is 4.81. The first-order chi connectivity index (χ1) is 13.4. The standard InChI is InChI=1S/C22H22N4OS/c1-13-9-10-14(2)18(11-13)23-21(27)16(4)28-22-25-24-20-12-15(3)17-7-5-6-8-19(17)26(20)22/h5-12,16H,1-4H3,(H,23,27)/t16-/m0/s1. The van der Waals surface area contributed by atoms with E-state index < -0.39 is 0 Å². The zero-order valence-electron chi connectivity index (χ0n) is 16.4. The Morgan fingerprint density at radius 3 is 2.64 bits per heavy atom. The van der Waals surface area contributed by atoms with Gasteiger partial charge in [0.2, 0.25) is 5.91 Å². The topological polar surface area (TPSA) is 59.3 Å². The minimum atomic E-state index is -0.313. The maximum atomic E-state index is 12.8. The molecule has 5 nitrogen and oxygen atoms in total. The quantitative estimate of drug-likeness (QED) is 0.502. The number of benzene rings is 2. The minimum Gasteiger partial charge on any atom is -0.325 e. The lowest BCUT2D eigenvalue weighted by Crippen LogP contribution is -2.23. The zero-order chi connectivity index (χ0) is 19.8. The van der Waals surface area contributed by atoms with Crippen molar-refractivity contribution in [3.63, 3.8) is 0 Å². The molecule has 0 radical (unpaired) electrons. The summed E-state index contributed by atoms with van der Waals surface area (Å²) in [5, 5.41) is 13.3. The number of pyridine rings is 1.